The minimum absolute atomic E-state index is 0. The van der Waals surface area contributed by atoms with E-state index in [1.807, 2.05) is 6.07 Å². The molecule has 0 saturated heterocycles. The molecule has 1 rings (SSSR count). The van der Waals surface area contributed by atoms with Crippen molar-refractivity contribution in [3.63, 3.8) is 0 Å². The van der Waals surface area contributed by atoms with Crippen molar-refractivity contribution in [1.82, 2.24) is 0 Å². The van der Waals surface area contributed by atoms with Gasteiger partial charge in [-0.3, -0.25) is 9.59 Å². The molecule has 2 N–H and O–H groups in total. The Hall–Kier alpha value is -0.970. The molecule has 0 amide bonds. The smallest absolute Gasteiger partial charge is 0.481 e. The standard InChI is InChI=1S/C9H11.C3H4O4.Na/c1-8(2)9-6-4-3-5-7-9;4-2(5)1-3(6)7;/h3-7H,1-2H3;1H2,(H,4,5)(H,6,7);/q-1;;+1. The molecule has 4 nitrogen and oxygen atoms in total. The molecule has 0 spiro atoms. The summed E-state index contributed by atoms with van der Waals surface area (Å²) in [5, 5.41) is 15.4. The Kier molecular flexibility index (Phi) is 11.0. The van der Waals surface area contributed by atoms with Crippen LogP contribution in [-0.4, -0.2) is 22.2 Å². The average molecular weight is 246 g/mol. The molecule has 0 saturated carbocycles. The van der Waals surface area contributed by atoms with E-state index >= 15 is 0 Å². The third-order valence-electron chi connectivity index (χ3n) is 1.65. The van der Waals surface area contributed by atoms with Crippen LogP contribution in [0.5, 0.6) is 0 Å². The van der Waals surface area contributed by atoms with Crippen molar-refractivity contribution in [3.05, 3.63) is 41.8 Å². The summed E-state index contributed by atoms with van der Waals surface area (Å²) in [4.78, 5) is 18.9. The summed E-state index contributed by atoms with van der Waals surface area (Å²) in [6.45, 7) is 4.24. The van der Waals surface area contributed by atoms with Gasteiger partial charge in [0.1, 0.15) is 6.42 Å². The molecule has 88 valence electrons. The number of hydrogen-bond donors (Lipinski definition) is 2. The van der Waals surface area contributed by atoms with Gasteiger partial charge in [-0.2, -0.15) is 23.6 Å². The predicted molar refractivity (Wildman–Crippen MR) is 60.0 cm³/mol. The molecule has 0 heterocycles. The first-order valence-corrected chi connectivity index (χ1v) is 4.72. The molecule has 0 aromatic heterocycles. The van der Waals surface area contributed by atoms with Crippen LogP contribution in [0.4, 0.5) is 0 Å². The molecule has 1 aromatic rings. The fourth-order valence-corrected chi connectivity index (χ4v) is 0.901. The van der Waals surface area contributed by atoms with Crippen LogP contribution >= 0.6 is 0 Å². The Bertz CT molecular complexity index is 324. The third kappa shape index (κ3) is 11.3. The number of rotatable bonds is 3. The maximum Gasteiger partial charge on any atom is 1.00 e. The number of carboxylic acid groups (broad SMARTS) is 2. The van der Waals surface area contributed by atoms with Gasteiger partial charge in [-0.15, -0.1) is 12.1 Å². The molecular weight excluding hydrogens is 231 g/mol. The quantitative estimate of drug-likeness (QED) is 0.416. The SMILES string of the molecule is C[C-](C)c1ccccc1.O=C(O)CC(=O)O.[Na+]. The van der Waals surface area contributed by atoms with Crippen molar-refractivity contribution in [2.24, 2.45) is 0 Å². The molecule has 0 aliphatic carbocycles. The van der Waals surface area contributed by atoms with Gasteiger partial charge >= 0.3 is 41.5 Å². The Labute approximate surface area is 123 Å². The minimum atomic E-state index is -1.31. The van der Waals surface area contributed by atoms with E-state index < -0.39 is 18.4 Å². The average Bonchev–Trinajstić information content (AvgIpc) is 2.17. The van der Waals surface area contributed by atoms with Crippen LogP contribution in [-0.2, 0) is 9.59 Å². The largest absolute Gasteiger partial charge is 1.00 e. The third-order valence-corrected chi connectivity index (χ3v) is 1.65. The first kappa shape index (κ1) is 18.4. The van der Waals surface area contributed by atoms with Crippen LogP contribution in [0.2, 0.25) is 0 Å². The molecule has 0 unspecified atom stereocenters. The summed E-state index contributed by atoms with van der Waals surface area (Å²) in [6.07, 6.45) is -0.806. The first-order valence-electron chi connectivity index (χ1n) is 4.72. The van der Waals surface area contributed by atoms with E-state index in [-0.39, 0.29) is 29.6 Å². The first-order chi connectivity index (χ1) is 7.43. The van der Waals surface area contributed by atoms with Crippen molar-refractivity contribution >= 4 is 11.9 Å². The van der Waals surface area contributed by atoms with Crippen molar-refractivity contribution in [1.29, 1.82) is 0 Å². The number of carboxylic acids is 2. The van der Waals surface area contributed by atoms with Gasteiger partial charge in [-0.25, -0.2) is 0 Å². The molecule has 1 aromatic carbocycles. The number of benzene rings is 1. The second-order valence-electron chi connectivity index (χ2n) is 3.33. The van der Waals surface area contributed by atoms with E-state index in [2.05, 4.69) is 38.1 Å². The van der Waals surface area contributed by atoms with Crippen molar-refractivity contribution in [2.75, 3.05) is 0 Å². The van der Waals surface area contributed by atoms with Gasteiger partial charge in [0.2, 0.25) is 0 Å². The predicted octanol–water partition coefficient (Wildman–Crippen LogP) is -0.801. The van der Waals surface area contributed by atoms with Crippen LogP contribution in [0, 0.1) is 5.92 Å². The zero-order valence-electron chi connectivity index (χ0n) is 10.3. The number of aliphatic carboxylic acids is 2. The number of carbonyl (C=O) groups is 2. The molecule has 0 atom stereocenters. The fourth-order valence-electron chi connectivity index (χ4n) is 0.901. The summed E-state index contributed by atoms with van der Waals surface area (Å²) in [6, 6.07) is 10.4. The molecular formula is C12H15NaO4. The normalized spacial score (nSPS) is 8.12. The fraction of sp³-hybridized carbons (Fsp3) is 0.250. The monoisotopic (exact) mass is 246 g/mol. The summed E-state index contributed by atoms with van der Waals surface area (Å²) in [5.74, 6) is -1.25. The Morgan fingerprint density at radius 3 is 1.65 bits per heavy atom. The molecule has 5 heteroatoms. The zero-order valence-corrected chi connectivity index (χ0v) is 12.3. The zero-order chi connectivity index (χ0) is 12.6. The Morgan fingerprint density at radius 2 is 1.47 bits per heavy atom. The van der Waals surface area contributed by atoms with Gasteiger partial charge in [0.15, 0.2) is 0 Å². The Balaban J connectivity index is 0. The van der Waals surface area contributed by atoms with Gasteiger partial charge < -0.3 is 10.2 Å². The van der Waals surface area contributed by atoms with Crippen LogP contribution in [0.3, 0.4) is 0 Å². The second-order valence-corrected chi connectivity index (χ2v) is 3.33. The van der Waals surface area contributed by atoms with Gasteiger partial charge in [0.05, 0.1) is 0 Å². The molecule has 0 aliphatic rings. The second kappa shape index (κ2) is 10.2. The summed E-state index contributed by atoms with van der Waals surface area (Å²) >= 11 is 0. The Morgan fingerprint density at radius 1 is 1.06 bits per heavy atom. The van der Waals surface area contributed by atoms with Gasteiger partial charge in [0, 0.05) is 0 Å². The van der Waals surface area contributed by atoms with Crippen molar-refractivity contribution in [2.45, 2.75) is 20.3 Å². The van der Waals surface area contributed by atoms with E-state index in [9.17, 15) is 9.59 Å². The van der Waals surface area contributed by atoms with Crippen LogP contribution in [0.25, 0.3) is 0 Å². The maximum atomic E-state index is 9.43. The topological polar surface area (TPSA) is 74.6 Å². The van der Waals surface area contributed by atoms with Gasteiger partial charge in [0.25, 0.3) is 0 Å². The molecule has 0 radical (unpaired) electrons. The maximum absolute atomic E-state index is 9.43. The van der Waals surface area contributed by atoms with Gasteiger partial charge in [-0.1, -0.05) is 19.9 Å². The van der Waals surface area contributed by atoms with Gasteiger partial charge in [-0.05, 0) is 0 Å². The number of hydrogen-bond acceptors (Lipinski definition) is 2. The van der Waals surface area contributed by atoms with Crippen molar-refractivity contribution < 1.29 is 49.4 Å². The molecule has 0 fully saturated rings. The van der Waals surface area contributed by atoms with E-state index in [4.69, 9.17) is 10.2 Å². The summed E-state index contributed by atoms with van der Waals surface area (Å²) in [5.41, 5.74) is 1.33. The van der Waals surface area contributed by atoms with E-state index in [1.54, 1.807) is 0 Å². The molecule has 17 heavy (non-hydrogen) atoms. The summed E-state index contributed by atoms with van der Waals surface area (Å²) in [7, 11) is 0. The van der Waals surface area contributed by atoms with Crippen molar-refractivity contribution in [3.8, 4) is 0 Å². The minimum Gasteiger partial charge on any atom is -0.481 e. The van der Waals surface area contributed by atoms with E-state index in [1.165, 1.54) is 11.5 Å². The summed E-state index contributed by atoms with van der Waals surface area (Å²) < 4.78 is 0. The van der Waals surface area contributed by atoms with Crippen LogP contribution in [0.1, 0.15) is 25.8 Å². The van der Waals surface area contributed by atoms with E-state index in [0.717, 1.165) is 0 Å². The van der Waals surface area contributed by atoms with E-state index in [0.29, 0.717) is 0 Å². The van der Waals surface area contributed by atoms with Crippen LogP contribution < -0.4 is 29.6 Å². The molecule has 0 aliphatic heterocycles. The van der Waals surface area contributed by atoms with Crippen LogP contribution in [0.15, 0.2) is 30.3 Å². The molecule has 0 bridgehead atoms.